The Morgan fingerprint density at radius 1 is 1.15 bits per heavy atom. The monoisotopic (exact) mass is 473 g/mol. The summed E-state index contributed by atoms with van der Waals surface area (Å²) in [5.74, 6) is -1.68. The molecule has 34 heavy (non-hydrogen) atoms. The Balaban J connectivity index is 3.22. The first-order valence-corrected chi connectivity index (χ1v) is 11.1. The highest BCUT2D eigenvalue weighted by Gasteiger charge is 2.35. The largest absolute Gasteiger partial charge is 0.466 e. The highest BCUT2D eigenvalue weighted by molar-refractivity contribution is 5.93. The molecule has 0 aliphatic rings. The molecule has 2 atom stereocenters. The maximum Gasteiger partial charge on any atom is 0.408 e. The third kappa shape index (κ3) is 8.43. The zero-order valence-corrected chi connectivity index (χ0v) is 21.0. The summed E-state index contributed by atoms with van der Waals surface area (Å²) in [6.07, 6.45) is 4.88. The van der Waals surface area contributed by atoms with E-state index in [4.69, 9.17) is 15.9 Å². The van der Waals surface area contributed by atoms with Crippen molar-refractivity contribution < 1.29 is 28.7 Å². The minimum atomic E-state index is -1.18. The lowest BCUT2D eigenvalue weighted by atomic mass is 9.94. The molecule has 3 amide bonds. The number of terminal acetylenes is 1. The summed E-state index contributed by atoms with van der Waals surface area (Å²) < 4.78 is 10.1. The van der Waals surface area contributed by atoms with Gasteiger partial charge in [-0.05, 0) is 65.2 Å². The lowest BCUT2D eigenvalue weighted by molar-refractivity contribution is -0.143. The number of aryl methyl sites for hydroxylation is 2. The van der Waals surface area contributed by atoms with Gasteiger partial charge in [0.25, 0.3) is 5.91 Å². The number of alkyl carbamates (subject to hydrolysis) is 1. The van der Waals surface area contributed by atoms with Crippen LogP contribution in [0.25, 0.3) is 0 Å². The second kappa shape index (κ2) is 12.6. The maximum absolute atomic E-state index is 13.3. The van der Waals surface area contributed by atoms with Crippen LogP contribution in [0.2, 0.25) is 0 Å². The summed E-state index contributed by atoms with van der Waals surface area (Å²) in [6.45, 7) is 12.1. The van der Waals surface area contributed by atoms with Gasteiger partial charge in [0.1, 0.15) is 17.7 Å². The predicted molar refractivity (Wildman–Crippen MR) is 127 cm³/mol. The summed E-state index contributed by atoms with van der Waals surface area (Å²) in [5.41, 5.74) is 1.32. The van der Waals surface area contributed by atoms with E-state index in [2.05, 4.69) is 16.7 Å². The molecule has 0 spiro atoms. The summed E-state index contributed by atoms with van der Waals surface area (Å²) in [7, 11) is 0. The predicted octanol–water partition coefficient (Wildman–Crippen LogP) is 2.75. The van der Waals surface area contributed by atoms with Gasteiger partial charge in [0, 0.05) is 12.6 Å². The molecule has 1 aromatic carbocycles. The van der Waals surface area contributed by atoms with Gasteiger partial charge < -0.3 is 20.1 Å². The minimum absolute atomic E-state index is 0.0113. The highest BCUT2D eigenvalue weighted by Crippen LogP contribution is 2.28. The van der Waals surface area contributed by atoms with Crippen LogP contribution >= 0.6 is 0 Å². The number of carbonyl (C=O) groups excluding carboxylic acids is 4. The molecule has 0 saturated carbocycles. The smallest absolute Gasteiger partial charge is 0.408 e. The van der Waals surface area contributed by atoms with Gasteiger partial charge in [-0.1, -0.05) is 24.6 Å². The van der Waals surface area contributed by atoms with Gasteiger partial charge in [-0.2, -0.15) is 0 Å². The van der Waals surface area contributed by atoms with E-state index in [-0.39, 0.29) is 19.6 Å². The topological polar surface area (TPSA) is 114 Å². The number of esters is 1. The van der Waals surface area contributed by atoms with E-state index in [1.165, 1.54) is 6.92 Å². The number of ether oxygens (including phenoxy) is 2. The Kier molecular flexibility index (Phi) is 10.6. The van der Waals surface area contributed by atoms with Crippen molar-refractivity contribution in [1.82, 2.24) is 15.5 Å². The standard InChI is InChI=1S/C25H35N3O6/c1-9-28(23(31)18(5)27-24(32)34-25(6,7)8)21(20-16(3)12-11-13-17(20)4)22(30)26-15-14-19(29)33-10-2/h1,11-13,18,21H,10,14-15H2,2-8H3,(H,26,30)(H,27,32). The van der Waals surface area contributed by atoms with Crippen molar-refractivity contribution in [3.63, 3.8) is 0 Å². The van der Waals surface area contributed by atoms with Crippen molar-refractivity contribution in [3.05, 3.63) is 34.9 Å². The molecular weight excluding hydrogens is 438 g/mol. The molecule has 0 heterocycles. The van der Waals surface area contributed by atoms with E-state index >= 15 is 0 Å². The quantitative estimate of drug-likeness (QED) is 0.324. The SMILES string of the molecule is C#CN(C(=O)C(C)NC(=O)OC(C)(C)C)C(C(=O)NCCC(=O)OCC)c1c(C)cccc1C. The summed E-state index contributed by atoms with van der Waals surface area (Å²) in [5, 5.41) is 5.12. The first kappa shape index (κ1) is 28.5. The van der Waals surface area contributed by atoms with E-state index in [0.29, 0.717) is 5.56 Å². The first-order chi connectivity index (χ1) is 15.8. The molecule has 0 bridgehead atoms. The molecule has 9 heteroatoms. The van der Waals surface area contributed by atoms with Crippen molar-refractivity contribution in [1.29, 1.82) is 0 Å². The fourth-order valence-electron chi connectivity index (χ4n) is 3.27. The van der Waals surface area contributed by atoms with Crippen molar-refractivity contribution >= 4 is 23.9 Å². The van der Waals surface area contributed by atoms with E-state index in [1.807, 2.05) is 32.0 Å². The Labute approximate surface area is 201 Å². The lowest BCUT2D eigenvalue weighted by Crippen LogP contribution is -2.50. The van der Waals surface area contributed by atoms with Gasteiger partial charge in [0.05, 0.1) is 13.0 Å². The van der Waals surface area contributed by atoms with Crippen LogP contribution in [0.1, 0.15) is 63.8 Å². The molecule has 0 aliphatic heterocycles. The number of benzene rings is 1. The summed E-state index contributed by atoms with van der Waals surface area (Å²) in [6, 6.07) is 5.50. The molecule has 2 N–H and O–H groups in total. The lowest BCUT2D eigenvalue weighted by Gasteiger charge is -2.30. The molecule has 9 nitrogen and oxygen atoms in total. The minimum Gasteiger partial charge on any atom is -0.466 e. The molecule has 0 fully saturated rings. The Morgan fingerprint density at radius 3 is 2.24 bits per heavy atom. The Morgan fingerprint density at radius 2 is 1.74 bits per heavy atom. The van der Waals surface area contributed by atoms with Crippen LogP contribution in [-0.4, -0.2) is 53.6 Å². The van der Waals surface area contributed by atoms with Crippen LogP contribution in [0.15, 0.2) is 18.2 Å². The zero-order chi connectivity index (χ0) is 26.1. The van der Waals surface area contributed by atoms with Crippen LogP contribution in [0, 0.1) is 26.3 Å². The van der Waals surface area contributed by atoms with Crippen LogP contribution in [-0.2, 0) is 23.9 Å². The second-order valence-corrected chi connectivity index (χ2v) is 8.76. The van der Waals surface area contributed by atoms with Crippen molar-refractivity contribution in [2.75, 3.05) is 13.2 Å². The number of nitrogens with one attached hydrogen (secondary N) is 2. The molecular formula is C25H35N3O6. The highest BCUT2D eigenvalue weighted by atomic mass is 16.6. The van der Waals surface area contributed by atoms with Crippen molar-refractivity contribution in [3.8, 4) is 12.5 Å². The summed E-state index contributed by atoms with van der Waals surface area (Å²) in [4.78, 5) is 51.2. The van der Waals surface area contributed by atoms with Gasteiger partial charge in [0.15, 0.2) is 0 Å². The number of rotatable bonds is 9. The Hall–Kier alpha value is -3.54. The Bertz CT molecular complexity index is 925. The first-order valence-electron chi connectivity index (χ1n) is 11.1. The summed E-state index contributed by atoms with van der Waals surface area (Å²) >= 11 is 0. The van der Waals surface area contributed by atoms with E-state index in [9.17, 15) is 19.2 Å². The fraction of sp³-hybridized carbons (Fsp3) is 0.520. The maximum atomic E-state index is 13.3. The molecule has 0 radical (unpaired) electrons. The van der Waals surface area contributed by atoms with Crippen molar-refractivity contribution in [2.45, 2.75) is 72.6 Å². The molecule has 0 aromatic heterocycles. The van der Waals surface area contributed by atoms with E-state index < -0.39 is 41.6 Å². The molecule has 1 aromatic rings. The van der Waals surface area contributed by atoms with Crippen LogP contribution in [0.3, 0.4) is 0 Å². The molecule has 1 rings (SSSR count). The normalized spacial score (nSPS) is 12.5. The molecule has 186 valence electrons. The second-order valence-electron chi connectivity index (χ2n) is 8.76. The van der Waals surface area contributed by atoms with Gasteiger partial charge >= 0.3 is 12.1 Å². The van der Waals surface area contributed by atoms with Crippen molar-refractivity contribution in [2.24, 2.45) is 0 Å². The van der Waals surface area contributed by atoms with Crippen LogP contribution in [0.4, 0.5) is 4.79 Å². The third-order valence-corrected chi connectivity index (χ3v) is 4.74. The van der Waals surface area contributed by atoms with Gasteiger partial charge in [0.2, 0.25) is 5.91 Å². The number of hydrogen-bond donors (Lipinski definition) is 2. The average Bonchev–Trinajstić information content (AvgIpc) is 2.71. The van der Waals surface area contributed by atoms with Gasteiger partial charge in [-0.15, -0.1) is 0 Å². The van der Waals surface area contributed by atoms with E-state index in [1.54, 1.807) is 27.7 Å². The third-order valence-electron chi connectivity index (χ3n) is 4.74. The average molecular weight is 474 g/mol. The van der Waals surface area contributed by atoms with Gasteiger partial charge in [-0.3, -0.25) is 19.3 Å². The van der Waals surface area contributed by atoms with Crippen LogP contribution < -0.4 is 10.6 Å². The molecule has 0 saturated heterocycles. The number of hydrogen-bond acceptors (Lipinski definition) is 6. The van der Waals surface area contributed by atoms with Gasteiger partial charge in [-0.25, -0.2) is 4.79 Å². The number of nitrogens with zero attached hydrogens (tertiary/aromatic N) is 1. The molecule has 0 aliphatic carbocycles. The zero-order valence-electron chi connectivity index (χ0n) is 21.0. The number of carbonyl (C=O) groups is 4. The van der Waals surface area contributed by atoms with Crippen LogP contribution in [0.5, 0.6) is 0 Å². The number of amides is 3. The molecule has 2 unspecified atom stereocenters. The fourth-order valence-corrected chi connectivity index (χ4v) is 3.27. The van der Waals surface area contributed by atoms with E-state index in [0.717, 1.165) is 16.0 Å².